The Balaban J connectivity index is 2.09. The molecule has 2 N–H and O–H groups in total. The molecule has 4 nitrogen and oxygen atoms in total. The van der Waals surface area contributed by atoms with Gasteiger partial charge >= 0.3 is 0 Å². The molecule has 0 atom stereocenters. The van der Waals surface area contributed by atoms with Crippen molar-refractivity contribution in [2.45, 2.75) is 27.0 Å². The Labute approximate surface area is 104 Å². The van der Waals surface area contributed by atoms with Crippen molar-refractivity contribution < 1.29 is 5.11 Å². The van der Waals surface area contributed by atoms with E-state index in [2.05, 4.69) is 15.3 Å². The second kappa shape index (κ2) is 5.25. The van der Waals surface area contributed by atoms with Gasteiger partial charge in [-0.3, -0.25) is 4.98 Å². The van der Waals surface area contributed by atoms with Crippen molar-refractivity contribution in [3.63, 3.8) is 0 Å². The van der Waals surface area contributed by atoms with Gasteiger partial charge in [-0.25, -0.2) is 4.98 Å². The predicted octanol–water partition coefficient (Wildman–Crippen LogP) is 2.26. The van der Waals surface area contributed by atoms with Crippen LogP contribution in [0.2, 0.25) is 0 Å². The van der Waals surface area contributed by atoms with Crippen LogP contribution in [0.1, 0.15) is 21.1 Å². The van der Waals surface area contributed by atoms with Gasteiger partial charge in [-0.05, 0) is 19.9 Å². The number of anilines is 1. The van der Waals surface area contributed by atoms with Gasteiger partial charge in [0.15, 0.2) is 0 Å². The van der Waals surface area contributed by atoms with Crippen LogP contribution in [0, 0.1) is 13.8 Å². The third-order valence-electron chi connectivity index (χ3n) is 2.52. The van der Waals surface area contributed by atoms with Gasteiger partial charge in [0.05, 0.1) is 35.7 Å². The molecule has 0 fully saturated rings. The normalized spacial score (nSPS) is 10.5. The van der Waals surface area contributed by atoms with Crippen LogP contribution in [-0.4, -0.2) is 15.1 Å². The Morgan fingerprint density at radius 1 is 1.41 bits per heavy atom. The maximum absolute atomic E-state index is 9.20. The van der Waals surface area contributed by atoms with Crippen LogP contribution in [0.3, 0.4) is 0 Å². The molecule has 2 aromatic rings. The lowest BCUT2D eigenvalue weighted by molar-refractivity contribution is 0.282. The second-order valence-corrected chi connectivity index (χ2v) is 5.07. The minimum Gasteiger partial charge on any atom is -0.392 e. The Morgan fingerprint density at radius 3 is 2.88 bits per heavy atom. The van der Waals surface area contributed by atoms with E-state index in [1.807, 2.05) is 19.9 Å². The first-order valence-corrected chi connectivity index (χ1v) is 6.23. The lowest BCUT2D eigenvalue weighted by Crippen LogP contribution is -2.02. The minimum absolute atomic E-state index is 0.0194. The number of thiazole rings is 1. The lowest BCUT2D eigenvalue weighted by Gasteiger charge is -2.08. The maximum atomic E-state index is 9.20. The number of aryl methyl sites for hydroxylation is 2. The fourth-order valence-electron chi connectivity index (χ4n) is 1.63. The first-order valence-electron chi connectivity index (χ1n) is 5.41. The summed E-state index contributed by atoms with van der Waals surface area (Å²) in [7, 11) is 0. The summed E-state index contributed by atoms with van der Waals surface area (Å²) in [6.07, 6.45) is 3.41. The molecule has 2 rings (SSSR count). The molecule has 5 heteroatoms. The molecule has 0 saturated heterocycles. The van der Waals surface area contributed by atoms with Crippen molar-refractivity contribution in [3.8, 4) is 0 Å². The Kier molecular flexibility index (Phi) is 3.71. The van der Waals surface area contributed by atoms with E-state index in [0.29, 0.717) is 0 Å². The van der Waals surface area contributed by atoms with E-state index in [0.717, 1.165) is 28.5 Å². The molecule has 2 heterocycles. The zero-order valence-corrected chi connectivity index (χ0v) is 10.7. The highest BCUT2D eigenvalue weighted by Crippen LogP contribution is 2.20. The van der Waals surface area contributed by atoms with E-state index in [4.69, 9.17) is 0 Å². The molecule has 2 aromatic heterocycles. The van der Waals surface area contributed by atoms with Crippen LogP contribution < -0.4 is 5.32 Å². The smallest absolute Gasteiger partial charge is 0.0900 e. The van der Waals surface area contributed by atoms with E-state index in [9.17, 15) is 5.11 Å². The summed E-state index contributed by atoms with van der Waals surface area (Å²) in [6.45, 7) is 4.75. The number of rotatable bonds is 4. The Bertz CT molecular complexity index is 510. The number of aliphatic hydroxyl groups is 1. The monoisotopic (exact) mass is 249 g/mol. The summed E-state index contributed by atoms with van der Waals surface area (Å²) < 4.78 is 0. The van der Waals surface area contributed by atoms with E-state index < -0.39 is 0 Å². The molecule has 90 valence electrons. The summed E-state index contributed by atoms with van der Waals surface area (Å²) >= 11 is 1.69. The minimum atomic E-state index is 0.0194. The number of nitrogens with zero attached hydrogens (tertiary/aromatic N) is 2. The van der Waals surface area contributed by atoms with Crippen LogP contribution >= 0.6 is 11.3 Å². The molecule has 0 radical (unpaired) electrons. The van der Waals surface area contributed by atoms with Crippen LogP contribution in [0.5, 0.6) is 0 Å². The molecule has 0 bridgehead atoms. The molecule has 0 aliphatic heterocycles. The van der Waals surface area contributed by atoms with Gasteiger partial charge in [0.25, 0.3) is 0 Å². The topological polar surface area (TPSA) is 58.0 Å². The Morgan fingerprint density at radius 2 is 2.24 bits per heavy atom. The summed E-state index contributed by atoms with van der Waals surface area (Å²) in [6, 6.07) is 1.81. The fourth-order valence-corrected chi connectivity index (χ4v) is 2.51. The second-order valence-electron chi connectivity index (χ2n) is 3.79. The largest absolute Gasteiger partial charge is 0.392 e. The number of hydrogen-bond donors (Lipinski definition) is 2. The van der Waals surface area contributed by atoms with Gasteiger partial charge < -0.3 is 10.4 Å². The zero-order chi connectivity index (χ0) is 12.3. The molecule has 17 heavy (non-hydrogen) atoms. The third kappa shape index (κ3) is 2.81. The van der Waals surface area contributed by atoms with Crippen molar-refractivity contribution >= 4 is 17.0 Å². The maximum Gasteiger partial charge on any atom is 0.0900 e. The van der Waals surface area contributed by atoms with E-state index in [-0.39, 0.29) is 6.61 Å². The molecular weight excluding hydrogens is 234 g/mol. The first-order chi connectivity index (χ1) is 8.20. The van der Waals surface area contributed by atoms with Gasteiger partial charge in [0.2, 0.25) is 0 Å². The van der Waals surface area contributed by atoms with Crippen molar-refractivity contribution in [3.05, 3.63) is 39.6 Å². The molecule has 0 amide bonds. The van der Waals surface area contributed by atoms with Crippen molar-refractivity contribution in [1.29, 1.82) is 0 Å². The van der Waals surface area contributed by atoms with Gasteiger partial charge in [-0.1, -0.05) is 0 Å². The number of nitrogens with one attached hydrogen (secondary N) is 1. The lowest BCUT2D eigenvalue weighted by atomic mass is 10.2. The molecule has 0 spiro atoms. The van der Waals surface area contributed by atoms with Crippen LogP contribution in [0.15, 0.2) is 18.5 Å². The van der Waals surface area contributed by atoms with E-state index >= 15 is 0 Å². The van der Waals surface area contributed by atoms with Crippen molar-refractivity contribution in [2.24, 2.45) is 0 Å². The summed E-state index contributed by atoms with van der Waals surface area (Å²) in [5.41, 5.74) is 2.80. The number of aromatic nitrogens is 2. The van der Waals surface area contributed by atoms with Crippen molar-refractivity contribution in [1.82, 2.24) is 9.97 Å². The number of aliphatic hydroxyl groups excluding tert-OH is 1. The van der Waals surface area contributed by atoms with Gasteiger partial charge in [0.1, 0.15) is 0 Å². The summed E-state index contributed by atoms with van der Waals surface area (Å²) in [5, 5.41) is 13.6. The van der Waals surface area contributed by atoms with Crippen molar-refractivity contribution in [2.75, 3.05) is 5.32 Å². The zero-order valence-electron chi connectivity index (χ0n) is 9.90. The quantitative estimate of drug-likeness (QED) is 0.872. The molecule has 0 aliphatic carbocycles. The number of hydrogen-bond acceptors (Lipinski definition) is 5. The molecule has 0 aliphatic rings. The van der Waals surface area contributed by atoms with Gasteiger partial charge in [-0.2, -0.15) is 0 Å². The molecule has 0 saturated carbocycles. The summed E-state index contributed by atoms with van der Waals surface area (Å²) in [5.74, 6) is 0. The SMILES string of the molecule is Cc1nc(C)c(CNc2cnccc2CO)s1. The molecule has 0 unspecified atom stereocenters. The standard InChI is InChI=1S/C12H15N3OS/c1-8-12(17-9(2)15-8)6-14-11-5-13-4-3-10(11)7-16/h3-5,14,16H,6-7H2,1-2H3. The predicted molar refractivity (Wildman–Crippen MR) is 69.1 cm³/mol. The Hall–Kier alpha value is -1.46. The summed E-state index contributed by atoms with van der Waals surface area (Å²) in [4.78, 5) is 9.64. The van der Waals surface area contributed by atoms with Gasteiger partial charge in [-0.15, -0.1) is 11.3 Å². The van der Waals surface area contributed by atoms with Crippen LogP contribution in [-0.2, 0) is 13.2 Å². The highest BCUT2D eigenvalue weighted by Gasteiger charge is 2.06. The van der Waals surface area contributed by atoms with E-state index in [1.165, 1.54) is 4.88 Å². The number of pyridine rings is 1. The fraction of sp³-hybridized carbons (Fsp3) is 0.333. The molecular formula is C12H15N3OS. The third-order valence-corrected chi connectivity index (χ3v) is 3.59. The average Bonchev–Trinajstić information content (AvgIpc) is 2.65. The first kappa shape index (κ1) is 12.0. The average molecular weight is 249 g/mol. The van der Waals surface area contributed by atoms with E-state index in [1.54, 1.807) is 23.7 Å². The van der Waals surface area contributed by atoms with Crippen LogP contribution in [0.4, 0.5) is 5.69 Å². The highest BCUT2D eigenvalue weighted by atomic mass is 32.1. The van der Waals surface area contributed by atoms with Crippen LogP contribution in [0.25, 0.3) is 0 Å². The molecule has 0 aromatic carbocycles. The van der Waals surface area contributed by atoms with Gasteiger partial charge in [0, 0.05) is 16.6 Å². The highest BCUT2D eigenvalue weighted by molar-refractivity contribution is 7.11.